The van der Waals surface area contributed by atoms with Crippen LogP contribution in [0.15, 0.2) is 72.1 Å². The van der Waals surface area contributed by atoms with Crippen molar-refractivity contribution in [1.82, 2.24) is 19.2 Å². The van der Waals surface area contributed by atoms with Gasteiger partial charge in [-0.05, 0) is 55.2 Å². The van der Waals surface area contributed by atoms with Gasteiger partial charge in [-0.3, -0.25) is 4.79 Å². The summed E-state index contributed by atoms with van der Waals surface area (Å²) in [4.78, 5) is 16.9. The van der Waals surface area contributed by atoms with Gasteiger partial charge in [-0.25, -0.2) is 13.4 Å². The second kappa shape index (κ2) is 9.67. The summed E-state index contributed by atoms with van der Waals surface area (Å²) in [6.07, 6.45) is 8.23. The Bertz CT molecular complexity index is 1160. The van der Waals surface area contributed by atoms with Crippen LogP contribution in [0.5, 0.6) is 0 Å². The molecule has 1 atom stereocenters. The molecule has 2 heterocycles. The lowest BCUT2D eigenvalue weighted by molar-refractivity contribution is 0.0950. The van der Waals surface area contributed by atoms with Gasteiger partial charge >= 0.3 is 0 Å². The highest BCUT2D eigenvalue weighted by Gasteiger charge is 2.30. The summed E-state index contributed by atoms with van der Waals surface area (Å²) in [6.45, 7) is 3.60. The van der Waals surface area contributed by atoms with Crippen LogP contribution in [0, 0.1) is 0 Å². The molecule has 3 aromatic rings. The Labute approximate surface area is 189 Å². The van der Waals surface area contributed by atoms with Crippen molar-refractivity contribution in [2.24, 2.45) is 0 Å². The van der Waals surface area contributed by atoms with Crippen LogP contribution in [0.2, 0.25) is 0 Å². The molecule has 1 aliphatic heterocycles. The Hall–Kier alpha value is -2.97. The molecule has 168 valence electrons. The molecular formula is C24H28N4O3S. The number of carbonyl (C=O) groups is 1. The molecule has 0 saturated carbocycles. The van der Waals surface area contributed by atoms with Gasteiger partial charge in [-0.1, -0.05) is 30.7 Å². The number of carbonyl (C=O) groups excluding carboxylic acids is 1. The third-order valence-corrected chi connectivity index (χ3v) is 7.86. The lowest BCUT2D eigenvalue weighted by Crippen LogP contribution is -2.41. The number of imidazole rings is 1. The fraction of sp³-hybridized carbons (Fsp3) is 0.333. The van der Waals surface area contributed by atoms with E-state index in [1.54, 1.807) is 29.0 Å². The Kier molecular flexibility index (Phi) is 6.72. The SMILES string of the molecule is CC1CCCCN1S(=O)(=O)c1ccc(C(=O)NCc2cccc(Cn3ccnc3)c2)cc1. The molecule has 0 bridgehead atoms. The minimum Gasteiger partial charge on any atom is -0.348 e. The van der Waals surface area contributed by atoms with Crippen molar-refractivity contribution in [3.63, 3.8) is 0 Å². The number of benzene rings is 2. The largest absolute Gasteiger partial charge is 0.348 e. The Balaban J connectivity index is 1.38. The van der Waals surface area contributed by atoms with E-state index in [-0.39, 0.29) is 16.8 Å². The van der Waals surface area contributed by atoms with Crippen molar-refractivity contribution in [2.75, 3.05) is 6.54 Å². The lowest BCUT2D eigenvalue weighted by Gasteiger charge is -2.32. The predicted octanol–water partition coefficient (Wildman–Crippen LogP) is 3.42. The van der Waals surface area contributed by atoms with Crippen LogP contribution >= 0.6 is 0 Å². The molecule has 4 rings (SSSR count). The zero-order chi connectivity index (χ0) is 22.6. The first-order chi connectivity index (χ1) is 15.4. The highest BCUT2D eigenvalue weighted by atomic mass is 32.2. The molecule has 0 aliphatic carbocycles. The van der Waals surface area contributed by atoms with E-state index in [0.29, 0.717) is 25.2 Å². The molecule has 1 aromatic heterocycles. The Morgan fingerprint density at radius 3 is 2.62 bits per heavy atom. The van der Waals surface area contributed by atoms with Gasteiger partial charge in [0.15, 0.2) is 0 Å². The van der Waals surface area contributed by atoms with E-state index < -0.39 is 10.0 Å². The molecule has 0 spiro atoms. The molecule has 1 amide bonds. The van der Waals surface area contributed by atoms with Crippen LogP contribution in [0.4, 0.5) is 0 Å². The average Bonchev–Trinajstić information content (AvgIpc) is 3.31. The van der Waals surface area contributed by atoms with Crippen LogP contribution in [0.3, 0.4) is 0 Å². The minimum absolute atomic E-state index is 0.00117. The minimum atomic E-state index is -3.54. The number of nitrogens with zero attached hydrogens (tertiary/aromatic N) is 3. The van der Waals surface area contributed by atoms with Crippen LogP contribution in [-0.4, -0.2) is 40.8 Å². The molecule has 1 aliphatic rings. The fourth-order valence-electron chi connectivity index (χ4n) is 4.06. The van der Waals surface area contributed by atoms with Crippen molar-refractivity contribution >= 4 is 15.9 Å². The third kappa shape index (κ3) is 5.08. The smallest absolute Gasteiger partial charge is 0.251 e. The van der Waals surface area contributed by atoms with Gasteiger partial charge in [-0.15, -0.1) is 0 Å². The summed E-state index contributed by atoms with van der Waals surface area (Å²) >= 11 is 0. The van der Waals surface area contributed by atoms with E-state index in [2.05, 4.69) is 16.4 Å². The van der Waals surface area contributed by atoms with Gasteiger partial charge in [0.1, 0.15) is 0 Å². The Morgan fingerprint density at radius 1 is 1.12 bits per heavy atom. The molecule has 7 nitrogen and oxygen atoms in total. The maximum atomic E-state index is 13.0. The summed E-state index contributed by atoms with van der Waals surface area (Å²) in [6, 6.07) is 14.2. The van der Waals surface area contributed by atoms with Gasteiger partial charge in [0.05, 0.1) is 11.2 Å². The average molecular weight is 453 g/mol. The molecule has 8 heteroatoms. The maximum Gasteiger partial charge on any atom is 0.251 e. The van der Waals surface area contributed by atoms with Crippen molar-refractivity contribution in [2.45, 2.75) is 50.2 Å². The first kappa shape index (κ1) is 22.2. The number of hydrogen-bond acceptors (Lipinski definition) is 4. The van der Waals surface area contributed by atoms with Crippen molar-refractivity contribution < 1.29 is 13.2 Å². The van der Waals surface area contributed by atoms with Crippen LogP contribution in [-0.2, 0) is 23.1 Å². The number of amides is 1. The van der Waals surface area contributed by atoms with Gasteiger partial charge in [0, 0.05) is 43.6 Å². The van der Waals surface area contributed by atoms with Gasteiger partial charge in [-0.2, -0.15) is 4.31 Å². The van der Waals surface area contributed by atoms with E-state index in [4.69, 9.17) is 0 Å². The molecular weight excluding hydrogens is 424 g/mol. The van der Waals surface area contributed by atoms with E-state index >= 15 is 0 Å². The second-order valence-corrected chi connectivity index (χ2v) is 10.1. The summed E-state index contributed by atoms with van der Waals surface area (Å²) in [5, 5.41) is 2.91. The normalized spacial score (nSPS) is 17.2. The van der Waals surface area contributed by atoms with E-state index in [9.17, 15) is 13.2 Å². The predicted molar refractivity (Wildman–Crippen MR) is 123 cm³/mol. The van der Waals surface area contributed by atoms with Crippen LogP contribution in [0.1, 0.15) is 47.7 Å². The van der Waals surface area contributed by atoms with Crippen molar-refractivity contribution in [3.05, 3.63) is 83.9 Å². The number of nitrogens with one attached hydrogen (secondary N) is 1. The first-order valence-corrected chi connectivity index (χ1v) is 12.3. The monoisotopic (exact) mass is 452 g/mol. The summed E-state index contributed by atoms with van der Waals surface area (Å²) in [7, 11) is -3.54. The highest BCUT2D eigenvalue weighted by Crippen LogP contribution is 2.25. The Morgan fingerprint density at radius 2 is 1.91 bits per heavy atom. The van der Waals surface area contributed by atoms with Gasteiger partial charge in [0.2, 0.25) is 10.0 Å². The van der Waals surface area contributed by atoms with Crippen LogP contribution in [0.25, 0.3) is 0 Å². The van der Waals surface area contributed by atoms with E-state index in [1.807, 2.05) is 35.9 Å². The fourth-order valence-corrected chi connectivity index (χ4v) is 5.76. The van der Waals surface area contributed by atoms with Crippen LogP contribution < -0.4 is 5.32 Å². The number of piperidine rings is 1. The standard InChI is InChI=1S/C24H28N4O3S/c1-19-5-2-3-13-28(19)32(30,31)23-10-8-22(9-11-23)24(29)26-16-20-6-4-7-21(15-20)17-27-14-12-25-18-27/h4,6-12,14-15,18-19H,2-3,5,13,16-17H2,1H3,(H,26,29). The topological polar surface area (TPSA) is 84.3 Å². The summed E-state index contributed by atoms with van der Waals surface area (Å²) < 4.78 is 29.5. The lowest BCUT2D eigenvalue weighted by atomic mass is 10.1. The molecule has 1 N–H and O–H groups in total. The maximum absolute atomic E-state index is 13.0. The zero-order valence-corrected chi connectivity index (χ0v) is 19.0. The molecule has 1 fully saturated rings. The van der Waals surface area contributed by atoms with Gasteiger partial charge < -0.3 is 9.88 Å². The molecule has 1 unspecified atom stereocenters. The molecule has 1 saturated heterocycles. The van der Waals surface area contributed by atoms with Crippen molar-refractivity contribution in [1.29, 1.82) is 0 Å². The quantitative estimate of drug-likeness (QED) is 0.595. The van der Waals surface area contributed by atoms with E-state index in [1.165, 1.54) is 12.1 Å². The molecule has 0 radical (unpaired) electrons. The summed E-state index contributed by atoms with van der Waals surface area (Å²) in [5.41, 5.74) is 2.55. The third-order valence-electron chi connectivity index (χ3n) is 5.83. The molecule has 2 aromatic carbocycles. The van der Waals surface area contributed by atoms with Crippen molar-refractivity contribution in [3.8, 4) is 0 Å². The number of aromatic nitrogens is 2. The molecule has 32 heavy (non-hydrogen) atoms. The second-order valence-electron chi connectivity index (χ2n) is 8.22. The zero-order valence-electron chi connectivity index (χ0n) is 18.1. The summed E-state index contributed by atoms with van der Waals surface area (Å²) in [5.74, 6) is -0.236. The first-order valence-electron chi connectivity index (χ1n) is 10.9. The van der Waals surface area contributed by atoms with E-state index in [0.717, 1.165) is 30.4 Å². The van der Waals surface area contributed by atoms with Gasteiger partial charge in [0.25, 0.3) is 5.91 Å². The highest BCUT2D eigenvalue weighted by molar-refractivity contribution is 7.89. The number of sulfonamides is 1. The number of rotatable bonds is 7. The number of hydrogen-bond donors (Lipinski definition) is 1.